The molecule has 0 heterocycles. The molecule has 1 atom stereocenters. The maximum atomic E-state index is 12.3. The van der Waals surface area contributed by atoms with Crippen LogP contribution in [0.15, 0.2) is 24.3 Å². The summed E-state index contributed by atoms with van der Waals surface area (Å²) in [5, 5.41) is 0. The molecule has 94 valence electrons. The summed E-state index contributed by atoms with van der Waals surface area (Å²) in [6, 6.07) is 6.08. The van der Waals surface area contributed by atoms with Crippen LogP contribution in [0.2, 0.25) is 0 Å². The zero-order valence-corrected chi connectivity index (χ0v) is 9.42. The number of para-hydroxylation sites is 1. The van der Waals surface area contributed by atoms with Crippen LogP contribution < -0.4 is 10.5 Å². The molecule has 1 aromatic carbocycles. The Morgan fingerprint density at radius 1 is 1.24 bits per heavy atom. The van der Waals surface area contributed by atoms with Crippen LogP contribution in [0.4, 0.5) is 13.2 Å². The van der Waals surface area contributed by atoms with E-state index in [1.165, 1.54) is 12.1 Å². The van der Waals surface area contributed by atoms with E-state index in [0.717, 1.165) is 12.8 Å². The molecule has 1 saturated carbocycles. The van der Waals surface area contributed by atoms with E-state index in [1.807, 2.05) is 0 Å². The van der Waals surface area contributed by atoms with Crippen molar-refractivity contribution in [1.29, 1.82) is 0 Å². The Hall–Kier alpha value is -1.23. The molecule has 1 fully saturated rings. The number of ether oxygens (including phenoxy) is 1. The van der Waals surface area contributed by atoms with Crippen molar-refractivity contribution in [3.8, 4) is 5.75 Å². The summed E-state index contributed by atoms with van der Waals surface area (Å²) in [5.74, 6) is 0.0392. The second kappa shape index (κ2) is 3.91. The van der Waals surface area contributed by atoms with E-state index in [1.54, 1.807) is 19.1 Å². The predicted octanol–water partition coefficient (Wildman–Crippen LogP) is 3.17. The molecule has 5 heteroatoms. The van der Waals surface area contributed by atoms with E-state index in [9.17, 15) is 13.2 Å². The van der Waals surface area contributed by atoms with Gasteiger partial charge < -0.3 is 10.5 Å². The molecule has 1 aliphatic carbocycles. The molecule has 1 unspecified atom stereocenters. The van der Waals surface area contributed by atoms with Crippen LogP contribution in [0.3, 0.4) is 0 Å². The lowest BCUT2D eigenvalue weighted by Crippen LogP contribution is -2.36. The summed E-state index contributed by atoms with van der Waals surface area (Å²) >= 11 is 0. The molecule has 2 rings (SSSR count). The number of hydrogen-bond donors (Lipinski definition) is 1. The van der Waals surface area contributed by atoms with Gasteiger partial charge in [-0.15, -0.1) is 13.2 Å². The SMILES string of the molecule is CC(N)(c1ccccc1OC(F)(F)F)C1CC1. The molecule has 1 aliphatic rings. The highest BCUT2D eigenvalue weighted by Gasteiger charge is 2.42. The van der Waals surface area contributed by atoms with Gasteiger partial charge in [0.05, 0.1) is 0 Å². The second-order valence-electron chi connectivity index (χ2n) is 4.60. The van der Waals surface area contributed by atoms with Crippen LogP contribution in [-0.2, 0) is 5.54 Å². The van der Waals surface area contributed by atoms with Gasteiger partial charge in [0.2, 0.25) is 0 Å². The molecule has 0 bridgehead atoms. The number of hydrogen-bond acceptors (Lipinski definition) is 2. The molecule has 0 spiro atoms. The van der Waals surface area contributed by atoms with Crippen molar-refractivity contribution in [2.24, 2.45) is 11.7 Å². The summed E-state index contributed by atoms with van der Waals surface area (Å²) < 4.78 is 40.8. The number of alkyl halides is 3. The van der Waals surface area contributed by atoms with E-state index < -0.39 is 11.9 Å². The average molecular weight is 245 g/mol. The first-order valence-corrected chi connectivity index (χ1v) is 5.45. The Kier molecular flexibility index (Phi) is 2.81. The van der Waals surface area contributed by atoms with Gasteiger partial charge >= 0.3 is 6.36 Å². The van der Waals surface area contributed by atoms with Crippen molar-refractivity contribution >= 4 is 0 Å². The third-order valence-electron chi connectivity index (χ3n) is 3.12. The van der Waals surface area contributed by atoms with Crippen molar-refractivity contribution in [1.82, 2.24) is 0 Å². The molecule has 0 amide bonds. The van der Waals surface area contributed by atoms with E-state index >= 15 is 0 Å². The fraction of sp³-hybridized carbons (Fsp3) is 0.500. The Labute approximate surface area is 97.6 Å². The predicted molar refractivity (Wildman–Crippen MR) is 57.4 cm³/mol. The smallest absolute Gasteiger partial charge is 0.405 e. The van der Waals surface area contributed by atoms with E-state index in [0.29, 0.717) is 5.56 Å². The molecule has 0 aromatic heterocycles. The van der Waals surface area contributed by atoms with Gasteiger partial charge in [0.25, 0.3) is 0 Å². The number of halogens is 3. The Bertz CT molecular complexity index is 410. The molecule has 0 aliphatic heterocycles. The van der Waals surface area contributed by atoms with E-state index in [4.69, 9.17) is 5.73 Å². The lowest BCUT2D eigenvalue weighted by atomic mass is 9.87. The number of rotatable bonds is 3. The summed E-state index contributed by atoms with van der Waals surface area (Å²) in [7, 11) is 0. The molecule has 17 heavy (non-hydrogen) atoms. The largest absolute Gasteiger partial charge is 0.573 e. The third kappa shape index (κ3) is 2.72. The summed E-state index contributed by atoms with van der Waals surface area (Å²) in [5.41, 5.74) is 5.77. The monoisotopic (exact) mass is 245 g/mol. The van der Waals surface area contributed by atoms with Gasteiger partial charge in [-0.05, 0) is 31.7 Å². The Morgan fingerprint density at radius 3 is 2.35 bits per heavy atom. The van der Waals surface area contributed by atoms with Crippen LogP contribution in [0.25, 0.3) is 0 Å². The normalized spacial score (nSPS) is 19.8. The first-order valence-electron chi connectivity index (χ1n) is 5.45. The first kappa shape index (κ1) is 12.2. The van der Waals surface area contributed by atoms with E-state index in [-0.39, 0.29) is 11.7 Å². The topological polar surface area (TPSA) is 35.2 Å². The van der Waals surface area contributed by atoms with Crippen molar-refractivity contribution < 1.29 is 17.9 Å². The maximum Gasteiger partial charge on any atom is 0.573 e. The highest BCUT2D eigenvalue weighted by Crippen LogP contribution is 2.46. The van der Waals surface area contributed by atoms with Gasteiger partial charge in [-0.3, -0.25) is 0 Å². The second-order valence-corrected chi connectivity index (χ2v) is 4.60. The highest BCUT2D eigenvalue weighted by molar-refractivity contribution is 5.40. The molecule has 1 aromatic rings. The first-order chi connectivity index (χ1) is 7.81. The molecule has 2 nitrogen and oxygen atoms in total. The van der Waals surface area contributed by atoms with E-state index in [2.05, 4.69) is 4.74 Å². The van der Waals surface area contributed by atoms with Crippen LogP contribution in [0.5, 0.6) is 5.75 Å². The quantitative estimate of drug-likeness (QED) is 0.887. The van der Waals surface area contributed by atoms with Gasteiger partial charge in [-0.1, -0.05) is 18.2 Å². The molecule has 0 radical (unpaired) electrons. The van der Waals surface area contributed by atoms with Crippen LogP contribution >= 0.6 is 0 Å². The van der Waals surface area contributed by atoms with Gasteiger partial charge in [0, 0.05) is 11.1 Å². The Balaban J connectivity index is 2.33. The van der Waals surface area contributed by atoms with Crippen molar-refractivity contribution in [2.45, 2.75) is 31.7 Å². The van der Waals surface area contributed by atoms with Crippen LogP contribution in [0.1, 0.15) is 25.3 Å². The molecule has 0 saturated heterocycles. The third-order valence-corrected chi connectivity index (χ3v) is 3.12. The van der Waals surface area contributed by atoms with Crippen molar-refractivity contribution in [3.05, 3.63) is 29.8 Å². The molecule has 2 N–H and O–H groups in total. The summed E-state index contributed by atoms with van der Waals surface area (Å²) in [6.07, 6.45) is -2.78. The minimum absolute atomic E-state index is 0.197. The number of nitrogens with two attached hydrogens (primary N) is 1. The maximum absolute atomic E-state index is 12.3. The van der Waals surface area contributed by atoms with Crippen LogP contribution in [0, 0.1) is 5.92 Å². The van der Waals surface area contributed by atoms with Gasteiger partial charge in [0.1, 0.15) is 5.75 Å². The van der Waals surface area contributed by atoms with Gasteiger partial charge in [-0.2, -0.15) is 0 Å². The molecular weight excluding hydrogens is 231 g/mol. The highest BCUT2D eigenvalue weighted by atomic mass is 19.4. The standard InChI is InChI=1S/C12H14F3NO/c1-11(16,8-6-7-8)9-4-2-3-5-10(9)17-12(13,14)15/h2-5,8H,6-7,16H2,1H3. The lowest BCUT2D eigenvalue weighted by Gasteiger charge is -2.27. The van der Waals surface area contributed by atoms with Crippen molar-refractivity contribution in [3.63, 3.8) is 0 Å². The Morgan fingerprint density at radius 2 is 1.82 bits per heavy atom. The summed E-state index contributed by atoms with van der Waals surface area (Å²) in [4.78, 5) is 0. The fourth-order valence-electron chi connectivity index (χ4n) is 2.03. The van der Waals surface area contributed by atoms with Gasteiger partial charge in [-0.25, -0.2) is 0 Å². The fourth-order valence-corrected chi connectivity index (χ4v) is 2.03. The lowest BCUT2D eigenvalue weighted by molar-refractivity contribution is -0.275. The average Bonchev–Trinajstić information content (AvgIpc) is 2.98. The van der Waals surface area contributed by atoms with Gasteiger partial charge in [0.15, 0.2) is 0 Å². The van der Waals surface area contributed by atoms with Crippen LogP contribution in [-0.4, -0.2) is 6.36 Å². The van der Waals surface area contributed by atoms with Crippen molar-refractivity contribution in [2.75, 3.05) is 0 Å². The summed E-state index contributed by atoms with van der Waals surface area (Å²) in [6.45, 7) is 1.75. The minimum Gasteiger partial charge on any atom is -0.405 e. The molecular formula is C12H14F3NO. The number of benzene rings is 1. The minimum atomic E-state index is -4.68. The zero-order chi connectivity index (χ0) is 12.7. The zero-order valence-electron chi connectivity index (χ0n) is 9.42.